The summed E-state index contributed by atoms with van der Waals surface area (Å²) in [7, 11) is 0. The Labute approximate surface area is 67.2 Å². The average Bonchev–Trinajstić information content (AvgIpc) is 1.94. The Hall–Kier alpha value is -0.830. The maximum Gasteiger partial charge on any atom is 0.263 e. The summed E-state index contributed by atoms with van der Waals surface area (Å²) in [6.07, 6.45) is -2.57. The van der Waals surface area contributed by atoms with E-state index >= 15 is 0 Å². The molecule has 0 aromatic heterocycles. The zero-order chi connectivity index (χ0) is 8.43. The predicted octanol–water partition coefficient (Wildman–Crippen LogP) is 2.98. The highest BCUT2D eigenvalue weighted by Crippen LogP contribution is 2.28. The molecule has 4 heteroatoms. The minimum atomic E-state index is -2.57. The third kappa shape index (κ3) is 1.80. The fraction of sp³-hybridized carbons (Fsp3) is 0.143. The summed E-state index contributed by atoms with van der Waals surface area (Å²) in [4.78, 5) is 0. The van der Waals surface area contributed by atoms with E-state index in [9.17, 15) is 8.78 Å². The van der Waals surface area contributed by atoms with Crippen molar-refractivity contribution in [1.29, 1.82) is 0 Å². The fourth-order valence-corrected chi connectivity index (χ4v) is 0.783. The van der Waals surface area contributed by atoms with E-state index in [-0.39, 0.29) is 16.3 Å². The zero-order valence-electron chi connectivity index (χ0n) is 5.39. The van der Waals surface area contributed by atoms with E-state index in [1.165, 1.54) is 12.1 Å². The van der Waals surface area contributed by atoms with Crippen LogP contribution in [0.25, 0.3) is 0 Å². The van der Waals surface area contributed by atoms with Crippen molar-refractivity contribution in [3.8, 4) is 5.75 Å². The molecule has 0 saturated heterocycles. The first-order valence-electron chi connectivity index (χ1n) is 2.88. The van der Waals surface area contributed by atoms with E-state index in [2.05, 4.69) is 0 Å². The van der Waals surface area contributed by atoms with Crippen molar-refractivity contribution < 1.29 is 13.9 Å². The third-order valence-electron chi connectivity index (χ3n) is 1.22. The summed E-state index contributed by atoms with van der Waals surface area (Å²) in [6.45, 7) is 0. The highest BCUT2D eigenvalue weighted by Gasteiger charge is 2.08. The van der Waals surface area contributed by atoms with Gasteiger partial charge in [-0.15, -0.1) is 0 Å². The molecule has 0 heterocycles. The second-order valence-corrected chi connectivity index (χ2v) is 2.42. The van der Waals surface area contributed by atoms with Crippen LogP contribution in [0.1, 0.15) is 12.0 Å². The molecule has 0 atom stereocenters. The summed E-state index contributed by atoms with van der Waals surface area (Å²) < 4.78 is 23.8. The van der Waals surface area contributed by atoms with E-state index in [1.807, 2.05) is 0 Å². The Morgan fingerprint density at radius 2 is 2.00 bits per heavy atom. The number of rotatable bonds is 1. The first-order chi connectivity index (χ1) is 5.11. The molecule has 1 rings (SSSR count). The maximum absolute atomic E-state index is 11.9. The molecule has 0 saturated carbocycles. The molecular weight excluding hydrogens is 174 g/mol. The van der Waals surface area contributed by atoms with Gasteiger partial charge >= 0.3 is 0 Å². The molecule has 0 aliphatic heterocycles. The fourth-order valence-electron chi connectivity index (χ4n) is 0.665. The van der Waals surface area contributed by atoms with Crippen LogP contribution >= 0.6 is 11.6 Å². The minimum absolute atomic E-state index is 0.0781. The van der Waals surface area contributed by atoms with Gasteiger partial charge in [-0.3, -0.25) is 0 Å². The van der Waals surface area contributed by atoms with Crippen LogP contribution in [0.2, 0.25) is 5.02 Å². The monoisotopic (exact) mass is 178 g/mol. The zero-order valence-corrected chi connectivity index (χ0v) is 6.15. The number of hydrogen-bond acceptors (Lipinski definition) is 1. The van der Waals surface area contributed by atoms with Gasteiger partial charge in [0.25, 0.3) is 6.43 Å². The lowest BCUT2D eigenvalue weighted by Gasteiger charge is -2.00. The van der Waals surface area contributed by atoms with Crippen LogP contribution in [-0.2, 0) is 0 Å². The normalized spacial score (nSPS) is 10.5. The van der Waals surface area contributed by atoms with Crippen molar-refractivity contribution >= 4 is 11.6 Å². The van der Waals surface area contributed by atoms with Crippen molar-refractivity contribution in [2.75, 3.05) is 0 Å². The Balaban J connectivity index is 3.05. The standard InChI is InChI=1S/C7H5ClF2O/c8-5-2-1-4(7(9)10)3-6(5)11/h1-3,7,11H. The van der Waals surface area contributed by atoms with E-state index in [4.69, 9.17) is 16.7 Å². The Kier molecular flexibility index (Phi) is 2.29. The summed E-state index contributed by atoms with van der Waals surface area (Å²) in [5.74, 6) is -0.315. The van der Waals surface area contributed by atoms with Gasteiger partial charge in [0.2, 0.25) is 0 Å². The molecule has 1 nitrogen and oxygen atoms in total. The number of hydrogen-bond donors (Lipinski definition) is 1. The second kappa shape index (κ2) is 3.05. The summed E-state index contributed by atoms with van der Waals surface area (Å²) in [5.41, 5.74) is -0.230. The first-order valence-corrected chi connectivity index (χ1v) is 3.25. The van der Waals surface area contributed by atoms with Crippen LogP contribution in [-0.4, -0.2) is 5.11 Å². The van der Waals surface area contributed by atoms with Gasteiger partial charge in [-0.25, -0.2) is 8.78 Å². The lowest BCUT2D eigenvalue weighted by Crippen LogP contribution is -1.82. The highest BCUT2D eigenvalue weighted by molar-refractivity contribution is 6.31. The van der Waals surface area contributed by atoms with Gasteiger partial charge in [-0.1, -0.05) is 17.7 Å². The Bertz CT molecular complexity index is 263. The molecule has 0 fully saturated rings. The smallest absolute Gasteiger partial charge is 0.263 e. The molecule has 0 bridgehead atoms. The lowest BCUT2D eigenvalue weighted by atomic mass is 10.2. The van der Waals surface area contributed by atoms with Gasteiger partial charge < -0.3 is 5.11 Å². The van der Waals surface area contributed by atoms with Crippen LogP contribution in [0.15, 0.2) is 18.2 Å². The third-order valence-corrected chi connectivity index (χ3v) is 1.54. The Morgan fingerprint density at radius 3 is 2.45 bits per heavy atom. The molecule has 1 N–H and O–H groups in total. The number of alkyl halides is 2. The van der Waals surface area contributed by atoms with Crippen molar-refractivity contribution in [2.24, 2.45) is 0 Å². The molecule has 0 aliphatic rings. The SMILES string of the molecule is Oc1cc(C(F)F)ccc1Cl. The van der Waals surface area contributed by atoms with E-state index < -0.39 is 6.43 Å². The second-order valence-electron chi connectivity index (χ2n) is 2.01. The van der Waals surface area contributed by atoms with Gasteiger partial charge in [0, 0.05) is 5.56 Å². The van der Waals surface area contributed by atoms with Crippen LogP contribution in [0, 0.1) is 0 Å². The first kappa shape index (κ1) is 8.27. The van der Waals surface area contributed by atoms with E-state index in [0.717, 1.165) is 6.07 Å². The van der Waals surface area contributed by atoms with Crippen LogP contribution in [0.5, 0.6) is 5.75 Å². The topological polar surface area (TPSA) is 20.2 Å². The molecule has 0 amide bonds. The minimum Gasteiger partial charge on any atom is -0.506 e. The number of phenolic OH excluding ortho intramolecular Hbond substituents is 1. The van der Waals surface area contributed by atoms with Gasteiger partial charge in [-0.2, -0.15) is 0 Å². The molecule has 0 unspecified atom stereocenters. The molecule has 0 aliphatic carbocycles. The summed E-state index contributed by atoms with van der Waals surface area (Å²) >= 11 is 5.39. The summed E-state index contributed by atoms with van der Waals surface area (Å²) in [5, 5.41) is 8.96. The number of benzene rings is 1. The molecule has 1 aromatic carbocycles. The number of phenols is 1. The molecule has 11 heavy (non-hydrogen) atoms. The molecule has 0 spiro atoms. The van der Waals surface area contributed by atoms with Crippen LogP contribution in [0.4, 0.5) is 8.78 Å². The molecular formula is C7H5ClF2O. The number of aromatic hydroxyl groups is 1. The molecule has 60 valence electrons. The van der Waals surface area contributed by atoms with Crippen molar-refractivity contribution in [3.05, 3.63) is 28.8 Å². The highest BCUT2D eigenvalue weighted by atomic mass is 35.5. The average molecular weight is 179 g/mol. The van der Waals surface area contributed by atoms with Crippen molar-refractivity contribution in [2.45, 2.75) is 6.43 Å². The lowest BCUT2D eigenvalue weighted by molar-refractivity contribution is 0.151. The van der Waals surface area contributed by atoms with E-state index in [1.54, 1.807) is 0 Å². The number of halogens is 3. The van der Waals surface area contributed by atoms with Gasteiger partial charge in [0.05, 0.1) is 5.02 Å². The van der Waals surface area contributed by atoms with Gasteiger partial charge in [0.15, 0.2) is 0 Å². The molecule has 0 radical (unpaired) electrons. The van der Waals surface area contributed by atoms with Gasteiger partial charge in [0.1, 0.15) is 5.75 Å². The van der Waals surface area contributed by atoms with Crippen molar-refractivity contribution in [3.63, 3.8) is 0 Å². The Morgan fingerprint density at radius 1 is 1.36 bits per heavy atom. The van der Waals surface area contributed by atoms with Crippen molar-refractivity contribution in [1.82, 2.24) is 0 Å². The summed E-state index contributed by atoms with van der Waals surface area (Å²) in [6, 6.07) is 3.36. The largest absolute Gasteiger partial charge is 0.506 e. The van der Waals surface area contributed by atoms with E-state index in [0.29, 0.717) is 0 Å². The maximum atomic E-state index is 11.9. The van der Waals surface area contributed by atoms with Crippen LogP contribution < -0.4 is 0 Å². The van der Waals surface area contributed by atoms with Gasteiger partial charge in [-0.05, 0) is 12.1 Å². The van der Waals surface area contributed by atoms with Crippen LogP contribution in [0.3, 0.4) is 0 Å². The molecule has 1 aromatic rings. The predicted molar refractivity (Wildman–Crippen MR) is 38.1 cm³/mol. The quantitative estimate of drug-likeness (QED) is 0.701.